The number of carbonyl (C=O) groups excluding carboxylic acids is 1. The van der Waals surface area contributed by atoms with E-state index >= 15 is 0 Å². The van der Waals surface area contributed by atoms with Crippen LogP contribution in [0, 0.1) is 0 Å². The van der Waals surface area contributed by atoms with Gasteiger partial charge in [0, 0.05) is 0 Å². The third-order valence-corrected chi connectivity index (χ3v) is 3.16. The number of hydrazone groups is 1. The summed E-state index contributed by atoms with van der Waals surface area (Å²) in [6.07, 6.45) is -0.569. The van der Waals surface area contributed by atoms with E-state index in [1.54, 1.807) is 11.3 Å². The zero-order chi connectivity index (χ0) is 10.6. The van der Waals surface area contributed by atoms with Crippen molar-refractivity contribution in [1.82, 2.24) is 5.43 Å². The van der Waals surface area contributed by atoms with Crippen LogP contribution in [0.15, 0.2) is 21.0 Å². The van der Waals surface area contributed by atoms with Crippen LogP contribution in [0.5, 0.6) is 0 Å². The summed E-state index contributed by atoms with van der Waals surface area (Å²) in [7, 11) is 1.29. The highest BCUT2D eigenvalue weighted by Gasteiger charge is 2.02. The lowest BCUT2D eigenvalue weighted by molar-refractivity contribution is 0.171. The van der Waals surface area contributed by atoms with Crippen LogP contribution in [0.4, 0.5) is 4.79 Å². The number of hydrogen-bond donors (Lipinski definition) is 1. The Labute approximate surface area is 94.1 Å². The second kappa shape index (κ2) is 5.11. The molecule has 0 aromatic carbocycles. The molecule has 1 amide bonds. The molecule has 0 aliphatic rings. The average Bonchev–Trinajstić information content (AvgIpc) is 2.60. The van der Waals surface area contributed by atoms with Crippen LogP contribution in [-0.2, 0) is 4.74 Å². The molecule has 1 heterocycles. The Morgan fingerprint density at radius 3 is 2.86 bits per heavy atom. The monoisotopic (exact) mass is 276 g/mol. The lowest BCUT2D eigenvalue weighted by Gasteiger charge is -1.98. The number of amides is 1. The fourth-order valence-corrected chi connectivity index (χ4v) is 2.07. The highest BCUT2D eigenvalue weighted by atomic mass is 79.9. The predicted octanol–water partition coefficient (Wildman–Crippen LogP) is 2.59. The molecule has 1 aromatic heterocycles. The lowest BCUT2D eigenvalue weighted by atomic mass is 10.3. The van der Waals surface area contributed by atoms with Gasteiger partial charge in [-0.15, -0.1) is 11.3 Å². The van der Waals surface area contributed by atoms with Crippen LogP contribution in [0.3, 0.4) is 0 Å². The quantitative estimate of drug-likeness (QED) is 0.667. The number of hydrogen-bond acceptors (Lipinski definition) is 4. The maximum atomic E-state index is 10.7. The highest BCUT2D eigenvalue weighted by Crippen LogP contribution is 2.22. The molecule has 4 nitrogen and oxygen atoms in total. The Hall–Kier alpha value is -0.880. The molecule has 0 saturated carbocycles. The number of halogens is 1. The van der Waals surface area contributed by atoms with Gasteiger partial charge in [-0.2, -0.15) is 5.10 Å². The topological polar surface area (TPSA) is 50.7 Å². The zero-order valence-electron chi connectivity index (χ0n) is 7.70. The number of rotatable bonds is 2. The van der Waals surface area contributed by atoms with Gasteiger partial charge in [-0.05, 0) is 35.0 Å². The number of nitrogens with zero attached hydrogens (tertiary/aromatic N) is 1. The first-order chi connectivity index (χ1) is 6.63. The highest BCUT2D eigenvalue weighted by molar-refractivity contribution is 9.11. The minimum Gasteiger partial charge on any atom is -0.452 e. The van der Waals surface area contributed by atoms with Gasteiger partial charge in [-0.3, -0.25) is 0 Å². The molecule has 0 aliphatic carbocycles. The van der Waals surface area contributed by atoms with E-state index in [1.807, 2.05) is 19.1 Å². The van der Waals surface area contributed by atoms with Crippen LogP contribution in [0.1, 0.15) is 11.8 Å². The molecule has 0 spiro atoms. The molecule has 14 heavy (non-hydrogen) atoms. The lowest BCUT2D eigenvalue weighted by Crippen LogP contribution is -2.18. The average molecular weight is 277 g/mol. The van der Waals surface area contributed by atoms with Crippen molar-refractivity contribution in [1.29, 1.82) is 0 Å². The number of methoxy groups -OCH3 is 1. The molecule has 1 rings (SSSR count). The van der Waals surface area contributed by atoms with Crippen molar-refractivity contribution < 1.29 is 9.53 Å². The van der Waals surface area contributed by atoms with E-state index < -0.39 is 6.09 Å². The van der Waals surface area contributed by atoms with E-state index in [9.17, 15) is 4.79 Å². The van der Waals surface area contributed by atoms with Gasteiger partial charge in [0.2, 0.25) is 0 Å². The minimum absolute atomic E-state index is 0.569. The van der Waals surface area contributed by atoms with Crippen molar-refractivity contribution >= 4 is 39.1 Å². The van der Waals surface area contributed by atoms with Crippen molar-refractivity contribution in [3.8, 4) is 0 Å². The summed E-state index contributed by atoms with van der Waals surface area (Å²) in [5.41, 5.74) is 3.00. The molecule has 1 aromatic rings. The van der Waals surface area contributed by atoms with Crippen molar-refractivity contribution in [3.05, 3.63) is 20.8 Å². The molecule has 0 radical (unpaired) electrons. The maximum absolute atomic E-state index is 10.7. The van der Waals surface area contributed by atoms with Crippen LogP contribution < -0.4 is 5.43 Å². The Morgan fingerprint density at radius 2 is 2.36 bits per heavy atom. The van der Waals surface area contributed by atoms with Gasteiger partial charge < -0.3 is 4.74 Å². The molecule has 0 bridgehead atoms. The normalized spacial score (nSPS) is 11.2. The molecule has 76 valence electrons. The maximum Gasteiger partial charge on any atom is 0.427 e. The second-order valence-corrected chi connectivity index (χ2v) is 4.87. The summed E-state index contributed by atoms with van der Waals surface area (Å²) < 4.78 is 5.41. The van der Waals surface area contributed by atoms with Crippen LogP contribution >= 0.6 is 27.3 Å². The van der Waals surface area contributed by atoms with E-state index in [4.69, 9.17) is 0 Å². The number of carbonyl (C=O) groups is 1. The largest absolute Gasteiger partial charge is 0.452 e. The summed E-state index contributed by atoms with van der Waals surface area (Å²) >= 11 is 4.89. The van der Waals surface area contributed by atoms with Crippen LogP contribution in [-0.4, -0.2) is 18.9 Å². The van der Waals surface area contributed by atoms with Gasteiger partial charge in [0.25, 0.3) is 0 Å². The van der Waals surface area contributed by atoms with Crippen molar-refractivity contribution in [2.24, 2.45) is 5.10 Å². The van der Waals surface area contributed by atoms with Crippen molar-refractivity contribution in [2.75, 3.05) is 7.11 Å². The first-order valence-electron chi connectivity index (χ1n) is 3.77. The van der Waals surface area contributed by atoms with E-state index in [2.05, 4.69) is 31.2 Å². The summed E-state index contributed by atoms with van der Waals surface area (Å²) in [5.74, 6) is 0. The third kappa shape index (κ3) is 3.12. The summed E-state index contributed by atoms with van der Waals surface area (Å²) in [6, 6.07) is 3.85. The van der Waals surface area contributed by atoms with E-state index in [0.29, 0.717) is 0 Å². The Kier molecular flexibility index (Phi) is 4.09. The van der Waals surface area contributed by atoms with Gasteiger partial charge in [0.1, 0.15) is 0 Å². The molecule has 0 atom stereocenters. The van der Waals surface area contributed by atoms with Gasteiger partial charge in [-0.25, -0.2) is 10.2 Å². The van der Waals surface area contributed by atoms with E-state index in [0.717, 1.165) is 14.4 Å². The molecule has 6 heteroatoms. The summed E-state index contributed by atoms with van der Waals surface area (Å²) in [6.45, 7) is 1.81. The molecule has 0 saturated heterocycles. The number of nitrogens with one attached hydrogen (secondary N) is 1. The molecular weight excluding hydrogens is 268 g/mol. The van der Waals surface area contributed by atoms with Gasteiger partial charge in [-0.1, -0.05) is 0 Å². The van der Waals surface area contributed by atoms with Gasteiger partial charge in [0.15, 0.2) is 0 Å². The molecule has 0 aliphatic heterocycles. The first kappa shape index (κ1) is 11.2. The zero-order valence-corrected chi connectivity index (χ0v) is 10.1. The Morgan fingerprint density at radius 1 is 1.64 bits per heavy atom. The second-order valence-electron chi connectivity index (χ2n) is 2.40. The number of ether oxygens (including phenoxy) is 1. The Balaban J connectivity index is 2.65. The third-order valence-electron chi connectivity index (χ3n) is 1.43. The molecule has 0 unspecified atom stereocenters. The van der Waals surface area contributed by atoms with Crippen LogP contribution in [0.2, 0.25) is 0 Å². The summed E-state index contributed by atoms with van der Waals surface area (Å²) in [5, 5.41) is 3.86. The van der Waals surface area contributed by atoms with Crippen LogP contribution in [0.25, 0.3) is 0 Å². The fourth-order valence-electron chi connectivity index (χ4n) is 0.739. The van der Waals surface area contributed by atoms with Gasteiger partial charge in [0.05, 0.1) is 21.5 Å². The molecule has 1 N–H and O–H groups in total. The smallest absolute Gasteiger partial charge is 0.427 e. The van der Waals surface area contributed by atoms with Crippen molar-refractivity contribution in [3.63, 3.8) is 0 Å². The summed E-state index contributed by atoms with van der Waals surface area (Å²) in [4.78, 5) is 11.7. The van der Waals surface area contributed by atoms with E-state index in [-0.39, 0.29) is 0 Å². The van der Waals surface area contributed by atoms with Crippen molar-refractivity contribution in [2.45, 2.75) is 6.92 Å². The minimum atomic E-state index is -0.569. The first-order valence-corrected chi connectivity index (χ1v) is 5.38. The predicted molar refractivity (Wildman–Crippen MR) is 59.8 cm³/mol. The van der Waals surface area contributed by atoms with E-state index in [1.165, 1.54) is 7.11 Å². The SMILES string of the molecule is COC(=O)N/N=C(\C)c1ccc(Br)s1. The Bertz CT molecular complexity index is 362. The molecular formula is C8H9BrN2O2S. The fraction of sp³-hybridized carbons (Fsp3) is 0.250. The molecule has 0 fully saturated rings. The standard InChI is InChI=1S/C8H9BrN2O2S/c1-5(10-11-8(12)13-2)6-3-4-7(9)14-6/h3-4H,1-2H3,(H,11,12)/b10-5+. The van der Waals surface area contributed by atoms with Gasteiger partial charge >= 0.3 is 6.09 Å². The number of thiophene rings is 1.